The highest BCUT2D eigenvalue weighted by Crippen LogP contribution is 2.25. The van der Waals surface area contributed by atoms with Crippen molar-refractivity contribution in [1.82, 2.24) is 0 Å². The number of hydrogen-bond acceptors (Lipinski definition) is 0. The highest BCUT2D eigenvalue weighted by Gasteiger charge is 2.08. The zero-order chi connectivity index (χ0) is 9.84. The molecule has 0 spiro atoms. The Kier molecular flexibility index (Phi) is 3.30. The van der Waals surface area contributed by atoms with Gasteiger partial charge in [-0.05, 0) is 37.3 Å². The lowest BCUT2D eigenvalue weighted by Crippen LogP contribution is -2.00. The number of allylic oxidation sites excluding steroid dienone is 7. The summed E-state index contributed by atoms with van der Waals surface area (Å²) in [4.78, 5) is 0. The molecule has 0 heteroatoms. The normalized spacial score (nSPS) is 22.8. The Morgan fingerprint density at radius 3 is 2.85 bits per heavy atom. The third-order valence-electron chi connectivity index (χ3n) is 2.25. The lowest BCUT2D eigenvalue weighted by molar-refractivity contribution is 0.702. The molecule has 0 aromatic heterocycles. The Labute approximate surface area is 81.4 Å². The molecule has 70 valence electrons. The van der Waals surface area contributed by atoms with Crippen LogP contribution >= 0.6 is 0 Å². The van der Waals surface area contributed by atoms with Gasteiger partial charge in [0.2, 0.25) is 0 Å². The minimum atomic E-state index is 0.655. The maximum absolute atomic E-state index is 4.04. The van der Waals surface area contributed by atoms with Gasteiger partial charge >= 0.3 is 0 Å². The molecule has 0 bridgehead atoms. The molecule has 0 heterocycles. The standard InChI is InChI=1S/C13H18/c1-5-6-12(4)13-8-10(2)7-11(3)9-13/h5-6,8-10H,4,7H2,1-3H3. The van der Waals surface area contributed by atoms with Crippen LogP contribution in [0.2, 0.25) is 0 Å². The van der Waals surface area contributed by atoms with E-state index in [1.807, 2.05) is 13.0 Å². The molecule has 0 aromatic rings. The van der Waals surface area contributed by atoms with Gasteiger partial charge in [0.15, 0.2) is 0 Å². The van der Waals surface area contributed by atoms with E-state index in [1.54, 1.807) is 0 Å². The molecule has 13 heavy (non-hydrogen) atoms. The Hall–Kier alpha value is -1.04. The topological polar surface area (TPSA) is 0 Å². The maximum atomic E-state index is 4.04. The molecule has 0 aromatic carbocycles. The summed E-state index contributed by atoms with van der Waals surface area (Å²) in [6, 6.07) is 0. The van der Waals surface area contributed by atoms with E-state index in [-0.39, 0.29) is 0 Å². The van der Waals surface area contributed by atoms with Crippen molar-refractivity contribution in [2.75, 3.05) is 0 Å². The molecule has 1 aliphatic carbocycles. The van der Waals surface area contributed by atoms with Gasteiger partial charge in [0.25, 0.3) is 0 Å². The molecule has 0 fully saturated rings. The van der Waals surface area contributed by atoms with Crippen LogP contribution in [0.4, 0.5) is 0 Å². The van der Waals surface area contributed by atoms with E-state index >= 15 is 0 Å². The monoisotopic (exact) mass is 174 g/mol. The fourth-order valence-corrected chi connectivity index (χ4v) is 1.74. The average Bonchev–Trinajstić information content (AvgIpc) is 2.03. The van der Waals surface area contributed by atoms with Gasteiger partial charge in [-0.1, -0.05) is 43.4 Å². The largest absolute Gasteiger partial charge is 0.0912 e. The molecule has 0 saturated heterocycles. The summed E-state index contributed by atoms with van der Waals surface area (Å²) in [6.07, 6.45) is 9.82. The fraction of sp³-hybridized carbons (Fsp3) is 0.385. The van der Waals surface area contributed by atoms with Gasteiger partial charge in [0.05, 0.1) is 0 Å². The van der Waals surface area contributed by atoms with Gasteiger partial charge in [-0.25, -0.2) is 0 Å². The lowest BCUT2D eigenvalue weighted by Gasteiger charge is -2.16. The van der Waals surface area contributed by atoms with E-state index in [9.17, 15) is 0 Å². The molecule has 0 N–H and O–H groups in total. The third-order valence-corrected chi connectivity index (χ3v) is 2.25. The third kappa shape index (κ3) is 2.73. The van der Waals surface area contributed by atoms with Crippen LogP contribution in [0.5, 0.6) is 0 Å². The second-order valence-corrected chi connectivity index (χ2v) is 3.82. The number of hydrogen-bond donors (Lipinski definition) is 0. The lowest BCUT2D eigenvalue weighted by atomic mass is 9.89. The van der Waals surface area contributed by atoms with Crippen molar-refractivity contribution in [1.29, 1.82) is 0 Å². The fourth-order valence-electron chi connectivity index (χ4n) is 1.74. The summed E-state index contributed by atoms with van der Waals surface area (Å²) in [7, 11) is 0. The summed E-state index contributed by atoms with van der Waals surface area (Å²) in [5.41, 5.74) is 3.86. The van der Waals surface area contributed by atoms with Crippen molar-refractivity contribution in [3.8, 4) is 0 Å². The predicted molar refractivity (Wildman–Crippen MR) is 59.6 cm³/mol. The highest BCUT2D eigenvalue weighted by molar-refractivity contribution is 5.47. The van der Waals surface area contributed by atoms with Crippen LogP contribution < -0.4 is 0 Å². The van der Waals surface area contributed by atoms with Crippen LogP contribution in [0.1, 0.15) is 27.2 Å². The molecular formula is C13H18. The molecule has 0 radical (unpaired) electrons. The first kappa shape index (κ1) is 10.0. The van der Waals surface area contributed by atoms with Crippen LogP contribution in [-0.2, 0) is 0 Å². The van der Waals surface area contributed by atoms with Crippen molar-refractivity contribution in [3.63, 3.8) is 0 Å². The van der Waals surface area contributed by atoms with Crippen molar-refractivity contribution >= 4 is 0 Å². The van der Waals surface area contributed by atoms with E-state index in [4.69, 9.17) is 0 Å². The molecule has 1 atom stereocenters. The van der Waals surface area contributed by atoms with Crippen molar-refractivity contribution in [2.24, 2.45) is 5.92 Å². The van der Waals surface area contributed by atoms with E-state index in [0.29, 0.717) is 5.92 Å². The Morgan fingerprint density at radius 2 is 2.31 bits per heavy atom. The van der Waals surface area contributed by atoms with Gasteiger partial charge in [-0.15, -0.1) is 0 Å². The van der Waals surface area contributed by atoms with E-state index in [1.165, 1.54) is 17.6 Å². The molecular weight excluding hydrogens is 156 g/mol. The van der Waals surface area contributed by atoms with Gasteiger partial charge in [-0.2, -0.15) is 0 Å². The van der Waals surface area contributed by atoms with E-state index in [0.717, 1.165) is 5.57 Å². The highest BCUT2D eigenvalue weighted by atomic mass is 14.1. The van der Waals surface area contributed by atoms with Crippen LogP contribution in [0.15, 0.2) is 47.6 Å². The molecule has 0 saturated carbocycles. The molecule has 0 nitrogen and oxygen atoms in total. The first-order chi connectivity index (χ1) is 6.13. The molecule has 0 amide bonds. The smallest absolute Gasteiger partial charge is 0.0215 e. The summed E-state index contributed by atoms with van der Waals surface area (Å²) >= 11 is 0. The van der Waals surface area contributed by atoms with Gasteiger partial charge < -0.3 is 0 Å². The second-order valence-electron chi connectivity index (χ2n) is 3.82. The van der Waals surface area contributed by atoms with Crippen LogP contribution in [0, 0.1) is 5.92 Å². The Balaban J connectivity index is 2.85. The SMILES string of the molecule is C=C(C=CC)C1=CC(C)CC(C)=C1. The zero-order valence-corrected chi connectivity index (χ0v) is 8.80. The summed E-state index contributed by atoms with van der Waals surface area (Å²) in [6.45, 7) is 10.5. The van der Waals surface area contributed by atoms with Crippen LogP contribution in [-0.4, -0.2) is 0 Å². The maximum Gasteiger partial charge on any atom is -0.0215 e. The molecule has 0 aliphatic heterocycles. The minimum Gasteiger partial charge on any atom is -0.0912 e. The van der Waals surface area contributed by atoms with Gasteiger partial charge in [-0.3, -0.25) is 0 Å². The van der Waals surface area contributed by atoms with Crippen molar-refractivity contribution in [2.45, 2.75) is 27.2 Å². The van der Waals surface area contributed by atoms with Crippen molar-refractivity contribution < 1.29 is 0 Å². The van der Waals surface area contributed by atoms with E-state index < -0.39 is 0 Å². The molecule has 1 rings (SSSR count). The second kappa shape index (κ2) is 4.27. The summed E-state index contributed by atoms with van der Waals surface area (Å²) < 4.78 is 0. The molecule has 1 unspecified atom stereocenters. The first-order valence-corrected chi connectivity index (χ1v) is 4.84. The predicted octanol–water partition coefficient (Wildman–Crippen LogP) is 4.03. The Morgan fingerprint density at radius 1 is 1.62 bits per heavy atom. The summed E-state index contributed by atoms with van der Waals surface area (Å²) in [5, 5.41) is 0. The average molecular weight is 174 g/mol. The summed E-state index contributed by atoms with van der Waals surface area (Å²) in [5.74, 6) is 0.655. The van der Waals surface area contributed by atoms with Crippen LogP contribution in [0.3, 0.4) is 0 Å². The van der Waals surface area contributed by atoms with E-state index in [2.05, 4.69) is 38.7 Å². The zero-order valence-electron chi connectivity index (χ0n) is 8.80. The van der Waals surface area contributed by atoms with Crippen molar-refractivity contribution in [3.05, 3.63) is 47.6 Å². The van der Waals surface area contributed by atoms with Crippen LogP contribution in [0.25, 0.3) is 0 Å². The minimum absolute atomic E-state index is 0.655. The first-order valence-electron chi connectivity index (χ1n) is 4.84. The quantitative estimate of drug-likeness (QED) is 0.554. The number of rotatable bonds is 2. The molecule has 1 aliphatic rings. The van der Waals surface area contributed by atoms with Gasteiger partial charge in [0, 0.05) is 0 Å². The van der Waals surface area contributed by atoms with Gasteiger partial charge in [0.1, 0.15) is 0 Å². The Bertz CT molecular complexity index is 287.